The van der Waals surface area contributed by atoms with E-state index in [1.54, 1.807) is 0 Å². The minimum absolute atomic E-state index is 0.0229. The first-order valence-electron chi connectivity index (χ1n) is 11.0. The number of rotatable bonds is 2. The molecule has 0 spiro atoms. The van der Waals surface area contributed by atoms with Crippen LogP contribution in [-0.2, 0) is 6.42 Å². The Morgan fingerprint density at radius 3 is 2.64 bits per heavy atom. The highest BCUT2D eigenvalue weighted by molar-refractivity contribution is 9.10. The number of benzene rings is 3. The van der Waals surface area contributed by atoms with Crippen LogP contribution < -0.4 is 14.9 Å². The van der Waals surface area contributed by atoms with E-state index < -0.39 is 0 Å². The molecule has 5 heteroatoms. The average molecular weight is 513 g/mol. The Morgan fingerprint density at radius 2 is 1.82 bits per heavy atom. The van der Waals surface area contributed by atoms with Crippen LogP contribution in [0.1, 0.15) is 40.3 Å². The van der Waals surface area contributed by atoms with Crippen LogP contribution in [0.3, 0.4) is 0 Å². The molecule has 0 bridgehead atoms. The van der Waals surface area contributed by atoms with E-state index in [4.69, 9.17) is 4.99 Å². The number of aromatic nitrogens is 1. The number of aryl methyl sites for hydroxylation is 2. The van der Waals surface area contributed by atoms with Crippen molar-refractivity contribution < 1.29 is 0 Å². The molecule has 0 fully saturated rings. The first kappa shape index (κ1) is 20.6. The minimum Gasteiger partial charge on any atom is -0.272 e. The Hall–Kier alpha value is -3.02. The van der Waals surface area contributed by atoms with E-state index in [1.165, 1.54) is 33.6 Å². The van der Waals surface area contributed by atoms with Crippen LogP contribution in [0.25, 0.3) is 11.8 Å². The first-order valence-corrected chi connectivity index (χ1v) is 12.7. The molecule has 6 rings (SSSR count). The molecular weight excluding hydrogens is 492 g/mol. The highest BCUT2D eigenvalue weighted by Gasteiger charge is 2.32. The number of allylic oxidation sites excluding steroid dienone is 1. The van der Waals surface area contributed by atoms with Gasteiger partial charge < -0.3 is 0 Å². The lowest BCUT2D eigenvalue weighted by molar-refractivity contribution is 0.585. The lowest BCUT2D eigenvalue weighted by Crippen LogP contribution is -2.38. The predicted molar refractivity (Wildman–Crippen MR) is 138 cm³/mol. The van der Waals surface area contributed by atoms with Gasteiger partial charge in [0.2, 0.25) is 0 Å². The maximum atomic E-state index is 13.7. The van der Waals surface area contributed by atoms with Crippen molar-refractivity contribution in [3.05, 3.63) is 130 Å². The molecule has 33 heavy (non-hydrogen) atoms. The number of fused-ring (bicyclic) bond motifs is 3. The second kappa shape index (κ2) is 8.08. The Balaban J connectivity index is 1.62. The summed E-state index contributed by atoms with van der Waals surface area (Å²) >= 11 is 5.08. The second-order valence-corrected chi connectivity index (χ2v) is 10.4. The maximum absolute atomic E-state index is 13.7. The fourth-order valence-electron chi connectivity index (χ4n) is 4.81. The monoisotopic (exact) mass is 512 g/mol. The van der Waals surface area contributed by atoms with Crippen molar-refractivity contribution in [2.75, 3.05) is 0 Å². The van der Waals surface area contributed by atoms with Crippen molar-refractivity contribution in [3.63, 3.8) is 0 Å². The van der Waals surface area contributed by atoms with Crippen LogP contribution in [0.5, 0.6) is 0 Å². The van der Waals surface area contributed by atoms with Gasteiger partial charge in [0.15, 0.2) is 4.80 Å². The van der Waals surface area contributed by atoms with Gasteiger partial charge in [-0.1, -0.05) is 94.0 Å². The molecule has 1 aromatic heterocycles. The molecule has 162 valence electrons. The SMILES string of the molecule is Cc1ccc(/C=c2\sc3n(c2=O)[C@@H](c2ccccc2)C2=C(N=3)c3ccccc3CC2)cc1Br. The maximum Gasteiger partial charge on any atom is 0.271 e. The van der Waals surface area contributed by atoms with E-state index in [0.717, 1.165) is 38.9 Å². The van der Waals surface area contributed by atoms with E-state index in [0.29, 0.717) is 4.53 Å². The van der Waals surface area contributed by atoms with Gasteiger partial charge >= 0.3 is 0 Å². The Kier molecular flexibility index (Phi) is 5.04. The van der Waals surface area contributed by atoms with Crippen LogP contribution in [-0.4, -0.2) is 4.57 Å². The van der Waals surface area contributed by atoms with E-state index >= 15 is 0 Å². The normalized spacial score (nSPS) is 17.3. The Bertz CT molecular complexity index is 1610. The lowest BCUT2D eigenvalue weighted by Gasteiger charge is -2.30. The first-order chi connectivity index (χ1) is 16.1. The topological polar surface area (TPSA) is 34.4 Å². The summed E-state index contributed by atoms with van der Waals surface area (Å²) in [6.45, 7) is 2.06. The van der Waals surface area contributed by atoms with Crippen molar-refractivity contribution in [2.24, 2.45) is 4.99 Å². The van der Waals surface area contributed by atoms with Crippen molar-refractivity contribution >= 4 is 39.0 Å². The van der Waals surface area contributed by atoms with Gasteiger partial charge in [0.25, 0.3) is 5.56 Å². The molecule has 0 saturated carbocycles. The zero-order valence-corrected chi connectivity index (χ0v) is 20.5. The summed E-state index contributed by atoms with van der Waals surface area (Å²) in [5.41, 5.74) is 8.12. The fourth-order valence-corrected chi connectivity index (χ4v) is 6.21. The summed E-state index contributed by atoms with van der Waals surface area (Å²) in [7, 11) is 0. The molecule has 2 aliphatic rings. The molecule has 3 nitrogen and oxygen atoms in total. The third-order valence-corrected chi connectivity index (χ3v) is 8.32. The summed E-state index contributed by atoms with van der Waals surface area (Å²) in [6, 6.07) is 24.9. The van der Waals surface area contributed by atoms with E-state index in [9.17, 15) is 4.79 Å². The van der Waals surface area contributed by atoms with Gasteiger partial charge in [-0.3, -0.25) is 9.36 Å². The minimum atomic E-state index is -0.127. The molecule has 1 atom stereocenters. The highest BCUT2D eigenvalue weighted by Crippen LogP contribution is 2.41. The summed E-state index contributed by atoms with van der Waals surface area (Å²) in [5.74, 6) is 0. The van der Waals surface area contributed by atoms with Crippen LogP contribution in [0, 0.1) is 6.92 Å². The third kappa shape index (κ3) is 3.47. The second-order valence-electron chi connectivity index (χ2n) is 8.53. The number of hydrogen-bond donors (Lipinski definition) is 0. The van der Waals surface area contributed by atoms with Gasteiger partial charge in [0.1, 0.15) is 0 Å². The zero-order chi connectivity index (χ0) is 22.5. The van der Waals surface area contributed by atoms with Crippen LogP contribution in [0.15, 0.2) is 92.6 Å². The quantitative estimate of drug-likeness (QED) is 0.354. The number of hydrogen-bond acceptors (Lipinski definition) is 3. The molecular formula is C28H21BrN2OS. The highest BCUT2D eigenvalue weighted by atomic mass is 79.9. The Labute approximate surface area is 204 Å². The molecule has 3 aromatic carbocycles. The molecule has 1 aliphatic heterocycles. The standard InChI is InChI=1S/C28H21BrN2OS/c1-17-11-12-18(15-23(17)29)16-24-27(32)31-26(20-8-3-2-4-9-20)22-14-13-19-7-5-6-10-21(19)25(22)30-28(31)33-24/h2-12,15-16,26H,13-14H2,1H3/b24-16-/t26-/m0/s1. The summed E-state index contributed by atoms with van der Waals surface area (Å²) in [4.78, 5) is 19.6. The fraction of sp³-hybridized carbons (Fsp3) is 0.143. The van der Waals surface area contributed by atoms with Crippen LogP contribution in [0.2, 0.25) is 0 Å². The van der Waals surface area contributed by atoms with Gasteiger partial charge in [-0.15, -0.1) is 0 Å². The molecule has 0 amide bonds. The molecule has 4 aromatic rings. The molecule has 1 aliphatic carbocycles. The van der Waals surface area contributed by atoms with E-state index in [-0.39, 0.29) is 11.6 Å². The average Bonchev–Trinajstić information content (AvgIpc) is 3.15. The Morgan fingerprint density at radius 1 is 1.03 bits per heavy atom. The molecule has 0 unspecified atom stereocenters. The van der Waals surface area contributed by atoms with Gasteiger partial charge in [-0.25, -0.2) is 4.99 Å². The molecule has 0 saturated heterocycles. The predicted octanol–water partition coefficient (Wildman–Crippen LogP) is 5.39. The summed E-state index contributed by atoms with van der Waals surface area (Å²) in [5, 5.41) is 0. The summed E-state index contributed by atoms with van der Waals surface area (Å²) < 4.78 is 3.65. The molecule has 0 N–H and O–H groups in total. The van der Waals surface area contributed by atoms with Crippen molar-refractivity contribution in [2.45, 2.75) is 25.8 Å². The largest absolute Gasteiger partial charge is 0.272 e. The van der Waals surface area contributed by atoms with Gasteiger partial charge in [-0.2, -0.15) is 0 Å². The number of thiazole rings is 1. The number of nitrogens with zero attached hydrogens (tertiary/aromatic N) is 2. The van der Waals surface area contributed by atoms with Crippen molar-refractivity contribution in [3.8, 4) is 0 Å². The zero-order valence-electron chi connectivity index (χ0n) is 18.1. The van der Waals surface area contributed by atoms with Crippen LogP contribution >= 0.6 is 27.3 Å². The van der Waals surface area contributed by atoms with Gasteiger partial charge in [0, 0.05) is 10.0 Å². The van der Waals surface area contributed by atoms with Crippen molar-refractivity contribution in [1.82, 2.24) is 4.57 Å². The molecule has 2 heterocycles. The van der Waals surface area contributed by atoms with Crippen molar-refractivity contribution in [1.29, 1.82) is 0 Å². The summed E-state index contributed by atoms with van der Waals surface area (Å²) in [6.07, 6.45) is 3.85. The van der Waals surface area contributed by atoms with Gasteiger partial charge in [-0.05, 0) is 59.7 Å². The third-order valence-electron chi connectivity index (χ3n) is 6.48. The lowest BCUT2D eigenvalue weighted by atomic mass is 9.83. The molecule has 0 radical (unpaired) electrons. The van der Waals surface area contributed by atoms with E-state index in [2.05, 4.69) is 71.4 Å². The number of halogens is 1. The van der Waals surface area contributed by atoms with E-state index in [1.807, 2.05) is 34.9 Å². The smallest absolute Gasteiger partial charge is 0.271 e. The van der Waals surface area contributed by atoms with Gasteiger partial charge in [0.05, 0.1) is 16.3 Å². The van der Waals surface area contributed by atoms with Crippen LogP contribution in [0.4, 0.5) is 0 Å².